The topological polar surface area (TPSA) is 60.0 Å². The molecule has 6 nitrogen and oxygen atoms in total. The molecular weight excluding hydrogens is 368 g/mol. The van der Waals surface area contributed by atoms with Crippen LogP contribution in [0.25, 0.3) is 0 Å². The fourth-order valence-corrected chi connectivity index (χ4v) is 3.03. The molecule has 1 N–H and O–H groups in total. The highest BCUT2D eigenvalue weighted by Gasteiger charge is 2.09. The van der Waals surface area contributed by atoms with Crippen LogP contribution in [0.4, 0.5) is 5.69 Å². The summed E-state index contributed by atoms with van der Waals surface area (Å²) < 4.78 is 16.5. The van der Waals surface area contributed by atoms with E-state index in [1.807, 2.05) is 30.3 Å². The van der Waals surface area contributed by atoms with Crippen LogP contribution in [0, 0.1) is 11.8 Å². The zero-order valence-corrected chi connectivity index (χ0v) is 16.6. The third kappa shape index (κ3) is 6.53. The van der Waals surface area contributed by atoms with Crippen LogP contribution >= 0.6 is 0 Å². The number of carbonyl (C=O) groups is 1. The molecule has 3 rings (SSSR count). The second-order valence-corrected chi connectivity index (χ2v) is 6.61. The Kier molecular flexibility index (Phi) is 7.93. The number of hydrogen-bond acceptors (Lipinski definition) is 5. The Hall–Kier alpha value is -3.01. The highest BCUT2D eigenvalue weighted by atomic mass is 16.5. The number of hydrogen-bond donors (Lipinski definition) is 1. The number of benzene rings is 2. The van der Waals surface area contributed by atoms with E-state index in [0.29, 0.717) is 24.5 Å². The average molecular weight is 394 g/mol. The number of methoxy groups -OCH3 is 1. The quantitative estimate of drug-likeness (QED) is 0.424. The molecule has 1 fully saturated rings. The van der Waals surface area contributed by atoms with Gasteiger partial charge in [0.25, 0.3) is 0 Å². The van der Waals surface area contributed by atoms with Gasteiger partial charge in [-0.15, -0.1) is 0 Å². The van der Waals surface area contributed by atoms with Crippen LogP contribution in [-0.4, -0.2) is 57.9 Å². The Balaban J connectivity index is 1.50. The first-order valence-corrected chi connectivity index (χ1v) is 9.71. The van der Waals surface area contributed by atoms with Gasteiger partial charge in [0, 0.05) is 30.8 Å². The van der Waals surface area contributed by atoms with Gasteiger partial charge >= 0.3 is 0 Å². The zero-order valence-electron chi connectivity index (χ0n) is 16.6. The van der Waals surface area contributed by atoms with Crippen molar-refractivity contribution in [2.45, 2.75) is 6.42 Å². The van der Waals surface area contributed by atoms with Crippen molar-refractivity contribution >= 4 is 12.1 Å². The minimum atomic E-state index is 0.574. The summed E-state index contributed by atoms with van der Waals surface area (Å²) in [4.78, 5) is 13.0. The molecule has 2 aromatic rings. The van der Waals surface area contributed by atoms with Gasteiger partial charge in [-0.2, -0.15) is 0 Å². The third-order valence-corrected chi connectivity index (χ3v) is 4.61. The summed E-state index contributed by atoms with van der Waals surface area (Å²) in [6, 6.07) is 13.2. The van der Waals surface area contributed by atoms with Crippen molar-refractivity contribution in [3.05, 3.63) is 53.6 Å². The van der Waals surface area contributed by atoms with Crippen LogP contribution in [0.2, 0.25) is 0 Å². The summed E-state index contributed by atoms with van der Waals surface area (Å²) in [5, 5.41) is 2.60. The first-order valence-electron chi connectivity index (χ1n) is 9.71. The zero-order chi connectivity index (χ0) is 20.3. The molecule has 1 amide bonds. The number of nitrogens with zero attached hydrogens (tertiary/aromatic N) is 1. The van der Waals surface area contributed by atoms with E-state index in [-0.39, 0.29) is 0 Å². The van der Waals surface area contributed by atoms with Crippen molar-refractivity contribution in [3.8, 4) is 23.3 Å². The maximum atomic E-state index is 10.6. The molecule has 2 aromatic carbocycles. The molecule has 0 unspecified atom stereocenters. The van der Waals surface area contributed by atoms with Gasteiger partial charge in [-0.1, -0.05) is 11.8 Å². The molecule has 0 aromatic heterocycles. The van der Waals surface area contributed by atoms with Gasteiger partial charge in [0.05, 0.1) is 32.6 Å². The number of carbonyl (C=O) groups excluding carboxylic acids is 1. The van der Waals surface area contributed by atoms with E-state index in [2.05, 4.69) is 22.1 Å². The van der Waals surface area contributed by atoms with Gasteiger partial charge in [0.2, 0.25) is 6.41 Å². The predicted octanol–water partition coefficient (Wildman–Crippen LogP) is 2.76. The molecular formula is C23H26N2O4. The van der Waals surface area contributed by atoms with Gasteiger partial charge in [-0.25, -0.2) is 0 Å². The Labute approximate surface area is 171 Å². The average Bonchev–Trinajstić information content (AvgIpc) is 2.77. The van der Waals surface area contributed by atoms with Crippen molar-refractivity contribution in [2.24, 2.45) is 0 Å². The van der Waals surface area contributed by atoms with Crippen molar-refractivity contribution in [1.29, 1.82) is 0 Å². The Morgan fingerprint density at radius 2 is 1.83 bits per heavy atom. The molecule has 0 saturated carbocycles. The molecule has 6 heteroatoms. The van der Waals surface area contributed by atoms with E-state index in [1.54, 1.807) is 19.2 Å². The molecule has 0 spiro atoms. The fraction of sp³-hybridized carbons (Fsp3) is 0.348. The molecule has 1 aliphatic heterocycles. The summed E-state index contributed by atoms with van der Waals surface area (Å²) >= 11 is 0. The predicted molar refractivity (Wildman–Crippen MR) is 112 cm³/mol. The number of morpholine rings is 1. The molecule has 152 valence electrons. The molecule has 1 heterocycles. The highest BCUT2D eigenvalue weighted by molar-refractivity contribution is 5.76. The van der Waals surface area contributed by atoms with Crippen molar-refractivity contribution in [3.63, 3.8) is 0 Å². The molecule has 1 saturated heterocycles. The van der Waals surface area contributed by atoms with Gasteiger partial charge < -0.3 is 19.5 Å². The van der Waals surface area contributed by atoms with E-state index in [4.69, 9.17) is 14.2 Å². The lowest BCUT2D eigenvalue weighted by atomic mass is 10.1. The normalized spacial score (nSPS) is 13.8. The maximum Gasteiger partial charge on any atom is 0.211 e. The largest absolute Gasteiger partial charge is 0.495 e. The minimum Gasteiger partial charge on any atom is -0.495 e. The van der Waals surface area contributed by atoms with Crippen molar-refractivity contribution in [2.75, 3.05) is 51.9 Å². The standard InChI is InChI=1S/C23H26N2O4/c1-27-23-17-20(7-10-22(23)24-18-26)4-3-19-5-8-21(9-6-19)29-14-2-11-25-12-15-28-16-13-25/h5-10,17-18H,2,11-16H2,1H3,(H,24,26). The molecule has 0 aliphatic carbocycles. The molecule has 0 atom stereocenters. The number of amides is 1. The molecule has 0 radical (unpaired) electrons. The lowest BCUT2D eigenvalue weighted by molar-refractivity contribution is -0.105. The Bertz CT molecular complexity index is 849. The van der Waals surface area contributed by atoms with Crippen LogP contribution < -0.4 is 14.8 Å². The van der Waals surface area contributed by atoms with Crippen molar-refractivity contribution in [1.82, 2.24) is 4.90 Å². The van der Waals surface area contributed by atoms with Crippen LogP contribution in [0.5, 0.6) is 11.5 Å². The molecule has 29 heavy (non-hydrogen) atoms. The summed E-state index contributed by atoms with van der Waals surface area (Å²) in [6.45, 7) is 5.41. The Morgan fingerprint density at radius 1 is 1.10 bits per heavy atom. The van der Waals surface area contributed by atoms with Gasteiger partial charge in [0.1, 0.15) is 11.5 Å². The highest BCUT2D eigenvalue weighted by Crippen LogP contribution is 2.24. The van der Waals surface area contributed by atoms with E-state index in [9.17, 15) is 4.79 Å². The van der Waals surface area contributed by atoms with Crippen LogP contribution in [0.15, 0.2) is 42.5 Å². The second kappa shape index (κ2) is 11.1. The number of nitrogens with one attached hydrogen (secondary N) is 1. The summed E-state index contributed by atoms with van der Waals surface area (Å²) in [5.74, 6) is 7.67. The van der Waals surface area contributed by atoms with Crippen LogP contribution in [0.3, 0.4) is 0 Å². The van der Waals surface area contributed by atoms with Crippen LogP contribution in [-0.2, 0) is 9.53 Å². The summed E-state index contributed by atoms with van der Waals surface area (Å²) in [7, 11) is 1.56. The van der Waals surface area contributed by atoms with E-state index in [0.717, 1.165) is 56.1 Å². The van der Waals surface area contributed by atoms with Crippen LogP contribution in [0.1, 0.15) is 17.5 Å². The lowest BCUT2D eigenvalue weighted by Crippen LogP contribution is -2.37. The second-order valence-electron chi connectivity index (χ2n) is 6.61. The minimum absolute atomic E-state index is 0.574. The first-order chi connectivity index (χ1) is 14.3. The fourth-order valence-electron chi connectivity index (χ4n) is 3.03. The van der Waals surface area contributed by atoms with Gasteiger partial charge in [-0.05, 0) is 48.9 Å². The third-order valence-electron chi connectivity index (χ3n) is 4.61. The van der Waals surface area contributed by atoms with Gasteiger partial charge in [-0.3, -0.25) is 9.69 Å². The maximum absolute atomic E-state index is 10.6. The molecule has 0 bridgehead atoms. The molecule has 1 aliphatic rings. The van der Waals surface area contributed by atoms with E-state index < -0.39 is 0 Å². The number of ether oxygens (including phenoxy) is 3. The van der Waals surface area contributed by atoms with Crippen molar-refractivity contribution < 1.29 is 19.0 Å². The summed E-state index contributed by atoms with van der Waals surface area (Å²) in [6.07, 6.45) is 1.62. The summed E-state index contributed by atoms with van der Waals surface area (Å²) in [5.41, 5.74) is 2.32. The first kappa shape index (κ1) is 20.7. The SMILES string of the molecule is COc1cc(C#Cc2ccc(OCCCN3CCOCC3)cc2)ccc1NC=O. The number of anilines is 1. The van der Waals surface area contributed by atoms with E-state index in [1.165, 1.54) is 0 Å². The smallest absolute Gasteiger partial charge is 0.211 e. The lowest BCUT2D eigenvalue weighted by Gasteiger charge is -2.26. The number of rotatable bonds is 8. The van der Waals surface area contributed by atoms with Gasteiger partial charge in [0.15, 0.2) is 0 Å². The van der Waals surface area contributed by atoms with E-state index >= 15 is 0 Å². The monoisotopic (exact) mass is 394 g/mol. The Morgan fingerprint density at radius 3 is 2.55 bits per heavy atom.